The second kappa shape index (κ2) is 8.43. The van der Waals surface area contributed by atoms with Crippen LogP contribution < -0.4 is 16.1 Å². The van der Waals surface area contributed by atoms with Crippen molar-refractivity contribution in [1.82, 2.24) is 0 Å². The van der Waals surface area contributed by atoms with Crippen LogP contribution in [0.3, 0.4) is 0 Å². The SMILES string of the molecule is Cc1ccc2occ([C@@H]3Nc4ccccc4NC4=C3C(=O)C[C@@H](c3ccccc3Cl)C4)c(=O)c2c1. The Morgan fingerprint density at radius 2 is 1.69 bits per heavy atom. The number of carbonyl (C=O) groups is 1. The zero-order valence-electron chi connectivity index (χ0n) is 19.1. The topological polar surface area (TPSA) is 71.3 Å². The van der Waals surface area contributed by atoms with Gasteiger partial charge < -0.3 is 15.1 Å². The quantitative estimate of drug-likeness (QED) is 0.331. The van der Waals surface area contributed by atoms with Crippen LogP contribution in [0.2, 0.25) is 5.02 Å². The highest BCUT2D eigenvalue weighted by molar-refractivity contribution is 6.31. The highest BCUT2D eigenvalue weighted by Crippen LogP contribution is 2.44. The molecule has 6 heteroatoms. The normalized spacial score (nSPS) is 19.4. The van der Waals surface area contributed by atoms with E-state index in [1.807, 2.05) is 67.6 Å². The lowest BCUT2D eigenvalue weighted by Crippen LogP contribution is -2.29. The first-order valence-electron chi connectivity index (χ1n) is 11.6. The van der Waals surface area contributed by atoms with E-state index in [0.717, 1.165) is 28.2 Å². The van der Waals surface area contributed by atoms with Crippen molar-refractivity contribution in [3.8, 4) is 0 Å². The Balaban J connectivity index is 1.53. The number of rotatable bonds is 2. The fourth-order valence-corrected chi connectivity index (χ4v) is 5.50. The monoisotopic (exact) mass is 482 g/mol. The third-order valence-electron chi connectivity index (χ3n) is 6.92. The van der Waals surface area contributed by atoms with Crippen molar-refractivity contribution in [3.05, 3.63) is 116 Å². The van der Waals surface area contributed by atoms with Crippen molar-refractivity contribution in [2.45, 2.75) is 31.7 Å². The maximum atomic E-state index is 13.7. The summed E-state index contributed by atoms with van der Waals surface area (Å²) in [6, 6.07) is 20.4. The number of nitrogens with one attached hydrogen (secondary N) is 2. The Labute approximate surface area is 207 Å². The van der Waals surface area contributed by atoms with Crippen molar-refractivity contribution < 1.29 is 9.21 Å². The molecule has 1 aromatic heterocycles. The average Bonchev–Trinajstić information content (AvgIpc) is 3.02. The van der Waals surface area contributed by atoms with Crippen LogP contribution in [-0.2, 0) is 4.79 Å². The van der Waals surface area contributed by atoms with Crippen LogP contribution >= 0.6 is 11.6 Å². The number of para-hydroxylation sites is 2. The highest BCUT2D eigenvalue weighted by atomic mass is 35.5. The predicted molar refractivity (Wildman–Crippen MR) is 139 cm³/mol. The van der Waals surface area contributed by atoms with Crippen LogP contribution in [0.5, 0.6) is 0 Å². The van der Waals surface area contributed by atoms with E-state index in [4.69, 9.17) is 16.0 Å². The molecule has 2 heterocycles. The molecule has 5 nitrogen and oxygen atoms in total. The molecule has 0 saturated heterocycles. The molecule has 3 aromatic carbocycles. The van der Waals surface area contributed by atoms with Gasteiger partial charge in [-0.2, -0.15) is 0 Å². The molecule has 35 heavy (non-hydrogen) atoms. The number of halogens is 1. The third kappa shape index (κ3) is 3.72. The summed E-state index contributed by atoms with van der Waals surface area (Å²) in [5.41, 5.74) is 5.78. The molecule has 0 radical (unpaired) electrons. The summed E-state index contributed by atoms with van der Waals surface area (Å²) in [5.74, 6) is -0.0678. The van der Waals surface area contributed by atoms with Gasteiger partial charge in [0.25, 0.3) is 0 Å². The minimum Gasteiger partial charge on any atom is -0.464 e. The van der Waals surface area contributed by atoms with E-state index in [2.05, 4.69) is 10.6 Å². The summed E-state index contributed by atoms with van der Waals surface area (Å²) in [4.78, 5) is 27.4. The molecule has 2 aliphatic rings. The maximum absolute atomic E-state index is 13.7. The number of ketones is 1. The highest BCUT2D eigenvalue weighted by Gasteiger charge is 2.37. The number of aryl methyl sites for hydroxylation is 1. The van der Waals surface area contributed by atoms with E-state index in [9.17, 15) is 9.59 Å². The lowest BCUT2D eigenvalue weighted by atomic mass is 9.78. The standard InChI is InChI=1S/C29H23ClN2O3/c1-16-10-11-26-19(12-16)29(34)20(15-35-26)28-27-24(31-22-8-4-5-9-23(22)32-28)13-17(14-25(27)33)18-6-2-3-7-21(18)30/h2-12,15,17,28,31-32H,13-14H2,1H3/t17-,28-/m0/s1. The molecule has 0 fully saturated rings. The van der Waals surface area contributed by atoms with Gasteiger partial charge >= 0.3 is 0 Å². The molecule has 0 spiro atoms. The van der Waals surface area contributed by atoms with Crippen LogP contribution in [0, 0.1) is 6.92 Å². The van der Waals surface area contributed by atoms with Gasteiger partial charge in [0.05, 0.1) is 28.4 Å². The minimum absolute atomic E-state index is 0.0160. The van der Waals surface area contributed by atoms with Crippen LogP contribution in [0.1, 0.15) is 41.5 Å². The van der Waals surface area contributed by atoms with Crippen molar-refractivity contribution in [2.24, 2.45) is 0 Å². The number of anilines is 2. The number of hydrogen-bond donors (Lipinski definition) is 2. The largest absolute Gasteiger partial charge is 0.464 e. The van der Waals surface area contributed by atoms with E-state index in [0.29, 0.717) is 40.0 Å². The van der Waals surface area contributed by atoms with E-state index >= 15 is 0 Å². The first-order valence-corrected chi connectivity index (χ1v) is 12.0. The maximum Gasteiger partial charge on any atom is 0.198 e. The summed E-state index contributed by atoms with van der Waals surface area (Å²) in [6.07, 6.45) is 2.41. The third-order valence-corrected chi connectivity index (χ3v) is 7.26. The van der Waals surface area contributed by atoms with Crippen molar-refractivity contribution in [2.75, 3.05) is 10.6 Å². The van der Waals surface area contributed by atoms with Crippen LogP contribution in [-0.4, -0.2) is 5.78 Å². The molecule has 1 aliphatic heterocycles. The molecular weight excluding hydrogens is 460 g/mol. The number of fused-ring (bicyclic) bond motifs is 2. The molecule has 0 amide bonds. The summed E-state index contributed by atoms with van der Waals surface area (Å²) < 4.78 is 5.87. The minimum atomic E-state index is -0.637. The van der Waals surface area contributed by atoms with Crippen molar-refractivity contribution in [1.29, 1.82) is 0 Å². The first-order chi connectivity index (χ1) is 17.0. The Kier molecular flexibility index (Phi) is 5.23. The molecule has 4 aromatic rings. The van der Waals surface area contributed by atoms with E-state index in [1.165, 1.54) is 6.26 Å². The number of hydrogen-bond acceptors (Lipinski definition) is 5. The number of allylic oxidation sites excluding steroid dienone is 1. The van der Waals surface area contributed by atoms with Crippen LogP contribution in [0.25, 0.3) is 11.0 Å². The summed E-state index contributed by atoms with van der Waals surface area (Å²) >= 11 is 6.49. The van der Waals surface area contributed by atoms with Gasteiger partial charge in [-0.05, 0) is 55.2 Å². The number of carbonyl (C=O) groups excluding carboxylic acids is 1. The second-order valence-electron chi connectivity index (χ2n) is 9.21. The Bertz CT molecular complexity index is 1590. The molecule has 1 aliphatic carbocycles. The zero-order chi connectivity index (χ0) is 24.1. The van der Waals surface area contributed by atoms with Gasteiger partial charge in [-0.1, -0.05) is 53.6 Å². The molecule has 2 atom stereocenters. The van der Waals surface area contributed by atoms with Gasteiger partial charge in [-0.25, -0.2) is 0 Å². The lowest BCUT2D eigenvalue weighted by molar-refractivity contribution is -0.116. The summed E-state index contributed by atoms with van der Waals surface area (Å²) in [5, 5.41) is 8.13. The van der Waals surface area contributed by atoms with E-state index in [-0.39, 0.29) is 17.1 Å². The fourth-order valence-electron chi connectivity index (χ4n) is 5.21. The van der Waals surface area contributed by atoms with Crippen LogP contribution in [0.4, 0.5) is 11.4 Å². The van der Waals surface area contributed by atoms with Gasteiger partial charge in [0.2, 0.25) is 0 Å². The Morgan fingerprint density at radius 3 is 2.51 bits per heavy atom. The molecule has 0 unspecified atom stereocenters. The Hall–Kier alpha value is -3.83. The smallest absolute Gasteiger partial charge is 0.198 e. The van der Waals surface area contributed by atoms with Crippen LogP contribution in [0.15, 0.2) is 93.5 Å². The first kappa shape index (κ1) is 21.7. The summed E-state index contributed by atoms with van der Waals surface area (Å²) in [6.45, 7) is 1.94. The number of benzene rings is 3. The Morgan fingerprint density at radius 1 is 0.914 bits per heavy atom. The van der Waals surface area contributed by atoms with E-state index in [1.54, 1.807) is 6.07 Å². The molecule has 2 N–H and O–H groups in total. The molecular formula is C29H23ClN2O3. The molecule has 0 bridgehead atoms. The summed E-state index contributed by atoms with van der Waals surface area (Å²) in [7, 11) is 0. The van der Waals surface area contributed by atoms with Gasteiger partial charge in [0.1, 0.15) is 11.8 Å². The molecule has 0 saturated carbocycles. The zero-order valence-corrected chi connectivity index (χ0v) is 19.9. The second-order valence-corrected chi connectivity index (χ2v) is 9.62. The van der Waals surface area contributed by atoms with Crippen molar-refractivity contribution >= 4 is 39.7 Å². The lowest BCUT2D eigenvalue weighted by Gasteiger charge is -2.30. The van der Waals surface area contributed by atoms with Gasteiger partial charge in [0.15, 0.2) is 11.2 Å². The average molecular weight is 483 g/mol. The van der Waals surface area contributed by atoms with Gasteiger partial charge in [-0.3, -0.25) is 9.59 Å². The predicted octanol–water partition coefficient (Wildman–Crippen LogP) is 6.73. The van der Waals surface area contributed by atoms with Gasteiger partial charge in [-0.15, -0.1) is 0 Å². The van der Waals surface area contributed by atoms with E-state index < -0.39 is 6.04 Å². The molecule has 6 rings (SSSR count). The van der Waals surface area contributed by atoms with Crippen molar-refractivity contribution in [3.63, 3.8) is 0 Å². The van der Waals surface area contributed by atoms with Gasteiger partial charge in [0, 0.05) is 22.7 Å². The fraction of sp³-hybridized carbons (Fsp3) is 0.172. The molecule has 174 valence electrons. The number of Topliss-reactive ketones (excluding diaryl/α,β-unsaturated/α-hetero) is 1.